The molecule has 0 unspecified atom stereocenters. The molecule has 1 aliphatic heterocycles. The van der Waals surface area contributed by atoms with Gasteiger partial charge in [-0.05, 0) is 74.4 Å². The number of nitrogens with zero attached hydrogens (tertiary/aromatic N) is 3. The number of carbonyl (C=O) groups excluding carboxylic acids is 1. The molecule has 0 radical (unpaired) electrons. The Morgan fingerprint density at radius 2 is 2.00 bits per heavy atom. The van der Waals surface area contributed by atoms with Crippen LogP contribution in [0.2, 0.25) is 10.0 Å². The number of nitrogens with one attached hydrogen (secondary N) is 1. The second-order valence-corrected chi connectivity index (χ2v) is 9.49. The van der Waals surface area contributed by atoms with Crippen molar-refractivity contribution in [1.29, 1.82) is 0 Å². The summed E-state index contributed by atoms with van der Waals surface area (Å²) in [5.41, 5.74) is 4.98. The molecule has 0 saturated carbocycles. The Bertz CT molecular complexity index is 1220. The van der Waals surface area contributed by atoms with Crippen LogP contribution < -0.4 is 5.32 Å². The SMILES string of the molecule is COC(=O)CCCN1C(=S)N[C@@H](c2ccccn2)[C@@H]1c1cc(C)n(-c2ccc(Cl)cc2Cl)c1C. The van der Waals surface area contributed by atoms with Crippen LogP contribution in [-0.4, -0.2) is 39.2 Å². The lowest BCUT2D eigenvalue weighted by Gasteiger charge is -2.28. The molecule has 0 bridgehead atoms. The number of hydrogen-bond donors (Lipinski definition) is 1. The lowest BCUT2D eigenvalue weighted by molar-refractivity contribution is -0.140. The molecule has 2 aromatic heterocycles. The molecule has 0 spiro atoms. The molecule has 9 heteroatoms. The van der Waals surface area contributed by atoms with Crippen molar-refractivity contribution in [1.82, 2.24) is 19.8 Å². The van der Waals surface area contributed by atoms with E-state index in [-0.39, 0.29) is 18.1 Å². The zero-order chi connectivity index (χ0) is 24.4. The van der Waals surface area contributed by atoms with Gasteiger partial charge in [-0.15, -0.1) is 0 Å². The van der Waals surface area contributed by atoms with Crippen LogP contribution in [0.3, 0.4) is 0 Å². The number of pyridine rings is 1. The fourth-order valence-electron chi connectivity index (χ4n) is 4.60. The van der Waals surface area contributed by atoms with E-state index in [9.17, 15) is 4.79 Å². The number of benzene rings is 1. The summed E-state index contributed by atoms with van der Waals surface area (Å²) < 4.78 is 6.95. The van der Waals surface area contributed by atoms with Crippen molar-refractivity contribution >= 4 is 46.5 Å². The fourth-order valence-corrected chi connectivity index (χ4v) is 5.43. The van der Waals surface area contributed by atoms with Gasteiger partial charge in [0.25, 0.3) is 0 Å². The van der Waals surface area contributed by atoms with Crippen LogP contribution in [0.5, 0.6) is 0 Å². The van der Waals surface area contributed by atoms with E-state index < -0.39 is 0 Å². The average molecular weight is 517 g/mol. The van der Waals surface area contributed by atoms with Gasteiger partial charge >= 0.3 is 5.97 Å². The molecule has 0 amide bonds. The van der Waals surface area contributed by atoms with E-state index in [4.69, 9.17) is 40.2 Å². The maximum absolute atomic E-state index is 11.7. The Morgan fingerprint density at radius 1 is 1.21 bits per heavy atom. The first-order chi connectivity index (χ1) is 16.3. The highest BCUT2D eigenvalue weighted by atomic mass is 35.5. The molecule has 178 valence electrons. The van der Waals surface area contributed by atoms with Crippen molar-refractivity contribution in [3.63, 3.8) is 0 Å². The largest absolute Gasteiger partial charge is 0.469 e. The maximum Gasteiger partial charge on any atom is 0.305 e. The fraction of sp³-hybridized carbons (Fsp3) is 0.320. The zero-order valence-corrected chi connectivity index (χ0v) is 21.5. The van der Waals surface area contributed by atoms with Crippen LogP contribution in [0, 0.1) is 13.8 Å². The molecule has 1 N–H and O–H groups in total. The first kappa shape index (κ1) is 24.5. The minimum atomic E-state index is -0.230. The van der Waals surface area contributed by atoms with Crippen LogP contribution >= 0.6 is 35.4 Å². The number of esters is 1. The monoisotopic (exact) mass is 516 g/mol. The normalized spacial score (nSPS) is 17.7. The minimum Gasteiger partial charge on any atom is -0.469 e. The predicted octanol–water partition coefficient (Wildman–Crippen LogP) is 5.72. The molecule has 1 aliphatic rings. The molecule has 1 aromatic carbocycles. The number of hydrogen-bond acceptors (Lipinski definition) is 4. The van der Waals surface area contributed by atoms with Crippen LogP contribution in [0.1, 0.15) is 47.6 Å². The second kappa shape index (κ2) is 10.3. The van der Waals surface area contributed by atoms with Crippen molar-refractivity contribution in [2.45, 2.75) is 38.8 Å². The Kier molecular flexibility index (Phi) is 7.45. The number of methoxy groups -OCH3 is 1. The highest BCUT2D eigenvalue weighted by Crippen LogP contribution is 2.42. The number of rotatable bonds is 7. The first-order valence-electron chi connectivity index (χ1n) is 11.0. The van der Waals surface area contributed by atoms with Crippen molar-refractivity contribution in [3.05, 3.63) is 81.4 Å². The summed E-state index contributed by atoms with van der Waals surface area (Å²) in [4.78, 5) is 18.4. The molecule has 3 heterocycles. The van der Waals surface area contributed by atoms with E-state index in [2.05, 4.69) is 39.7 Å². The summed E-state index contributed by atoms with van der Waals surface area (Å²) in [5, 5.41) is 5.27. The lowest BCUT2D eigenvalue weighted by Crippen LogP contribution is -2.31. The highest BCUT2D eigenvalue weighted by Gasteiger charge is 2.41. The highest BCUT2D eigenvalue weighted by molar-refractivity contribution is 7.80. The molecule has 2 atom stereocenters. The van der Waals surface area contributed by atoms with Gasteiger partial charge in [0, 0.05) is 35.6 Å². The number of thiocarbonyl (C=S) groups is 1. The minimum absolute atomic E-state index is 0.105. The molecular formula is C25H26Cl2N4O2S. The summed E-state index contributed by atoms with van der Waals surface area (Å²) in [6.45, 7) is 4.75. The first-order valence-corrected chi connectivity index (χ1v) is 12.2. The molecular weight excluding hydrogens is 491 g/mol. The van der Waals surface area contributed by atoms with Crippen molar-refractivity contribution in [3.8, 4) is 5.69 Å². The van der Waals surface area contributed by atoms with Crippen LogP contribution in [0.25, 0.3) is 5.69 Å². The van der Waals surface area contributed by atoms with Crippen LogP contribution in [0.15, 0.2) is 48.7 Å². The number of ether oxygens (including phenoxy) is 1. The predicted molar refractivity (Wildman–Crippen MR) is 139 cm³/mol. The van der Waals surface area contributed by atoms with Gasteiger partial charge in [0.05, 0.1) is 35.6 Å². The third-order valence-corrected chi connectivity index (χ3v) is 7.04. The second-order valence-electron chi connectivity index (χ2n) is 8.26. The van der Waals surface area contributed by atoms with E-state index in [0.29, 0.717) is 34.5 Å². The number of halogens is 2. The van der Waals surface area contributed by atoms with E-state index in [0.717, 1.165) is 28.3 Å². The number of carbonyl (C=O) groups is 1. The standard InChI is InChI=1S/C25H26Cl2N4O2S/c1-15-13-18(16(2)31(15)21-10-9-17(26)14-19(21)27)24-23(20-7-4-5-11-28-20)29-25(34)30(24)12-6-8-22(32)33-3/h4-5,7,9-11,13-14,23-24H,6,8,12H2,1-3H3,(H,29,34)/t23-,24-/m0/s1. The Morgan fingerprint density at radius 3 is 2.68 bits per heavy atom. The molecule has 0 aliphatic carbocycles. The van der Waals surface area contributed by atoms with Gasteiger partial charge in [-0.3, -0.25) is 9.78 Å². The molecule has 34 heavy (non-hydrogen) atoms. The van der Waals surface area contributed by atoms with E-state index in [1.54, 1.807) is 12.3 Å². The van der Waals surface area contributed by atoms with Crippen LogP contribution in [0.4, 0.5) is 0 Å². The Hall–Kier alpha value is -2.61. The summed E-state index contributed by atoms with van der Waals surface area (Å²) in [6, 6.07) is 13.3. The zero-order valence-electron chi connectivity index (χ0n) is 19.2. The van der Waals surface area contributed by atoms with Crippen molar-refractivity contribution < 1.29 is 9.53 Å². The lowest BCUT2D eigenvalue weighted by atomic mass is 9.96. The Labute approximate surface area is 214 Å². The summed E-state index contributed by atoms with van der Waals surface area (Å²) in [7, 11) is 1.40. The third kappa shape index (κ3) is 4.78. The van der Waals surface area contributed by atoms with Gasteiger partial charge in [0.1, 0.15) is 0 Å². The maximum atomic E-state index is 11.7. The van der Waals surface area contributed by atoms with Crippen molar-refractivity contribution in [2.75, 3.05) is 13.7 Å². The van der Waals surface area contributed by atoms with Gasteiger partial charge in [-0.25, -0.2) is 0 Å². The number of aryl methyl sites for hydroxylation is 1. The molecule has 6 nitrogen and oxygen atoms in total. The van der Waals surface area contributed by atoms with E-state index >= 15 is 0 Å². The molecule has 4 rings (SSSR count). The van der Waals surface area contributed by atoms with Gasteiger partial charge in [0.15, 0.2) is 5.11 Å². The average Bonchev–Trinajstić information content (AvgIpc) is 3.29. The van der Waals surface area contributed by atoms with Gasteiger partial charge in [-0.1, -0.05) is 29.3 Å². The summed E-state index contributed by atoms with van der Waals surface area (Å²) in [5.74, 6) is -0.230. The number of aromatic nitrogens is 2. The Balaban J connectivity index is 1.77. The third-order valence-electron chi connectivity index (χ3n) is 6.14. The molecule has 1 saturated heterocycles. The molecule has 3 aromatic rings. The van der Waals surface area contributed by atoms with Gasteiger partial charge < -0.3 is 19.5 Å². The quantitative estimate of drug-likeness (QED) is 0.320. The molecule has 1 fully saturated rings. The van der Waals surface area contributed by atoms with Gasteiger partial charge in [-0.2, -0.15) is 0 Å². The summed E-state index contributed by atoms with van der Waals surface area (Å²) >= 11 is 18.4. The summed E-state index contributed by atoms with van der Waals surface area (Å²) in [6.07, 6.45) is 2.74. The van der Waals surface area contributed by atoms with Gasteiger partial charge in [0.2, 0.25) is 0 Å². The van der Waals surface area contributed by atoms with Crippen molar-refractivity contribution in [2.24, 2.45) is 0 Å². The van der Waals surface area contributed by atoms with E-state index in [1.807, 2.05) is 30.3 Å². The van der Waals surface area contributed by atoms with E-state index in [1.165, 1.54) is 7.11 Å². The topological polar surface area (TPSA) is 59.4 Å². The smallest absolute Gasteiger partial charge is 0.305 e. The van der Waals surface area contributed by atoms with Crippen LogP contribution in [-0.2, 0) is 9.53 Å².